The molecule has 0 bridgehead atoms. The molecule has 0 saturated carbocycles. The summed E-state index contributed by atoms with van der Waals surface area (Å²) in [6.45, 7) is 0. The zero-order chi connectivity index (χ0) is 36.1. The van der Waals surface area contributed by atoms with Crippen LogP contribution in [0.2, 0.25) is 0 Å². The highest BCUT2D eigenvalue weighted by Gasteiger charge is 2.03. The van der Waals surface area contributed by atoms with Gasteiger partial charge in [-0.3, -0.25) is 0 Å². The Balaban J connectivity index is 0.000000270. The molecule has 0 unspecified atom stereocenters. The maximum Gasteiger partial charge on any atom is 0.137 e. The van der Waals surface area contributed by atoms with Gasteiger partial charge < -0.3 is 0 Å². The molecule has 0 nitrogen and oxygen atoms in total. The zero-order valence-electron chi connectivity index (χ0n) is 28.2. The smallest absolute Gasteiger partial charge is 0.137 e. The Hall–Kier alpha value is -2.00. The number of allylic oxidation sites excluding steroid dienone is 2. The second kappa shape index (κ2) is 24.3. The van der Waals surface area contributed by atoms with Crippen LogP contribution in [0, 0.1) is 23.3 Å². The van der Waals surface area contributed by atoms with Gasteiger partial charge in [-0.15, -0.1) is 0 Å². The van der Waals surface area contributed by atoms with Crippen LogP contribution in [0.5, 0.6) is 0 Å². The van der Waals surface area contributed by atoms with Crippen molar-refractivity contribution in [1.82, 2.24) is 0 Å². The molecule has 50 heavy (non-hydrogen) atoms. The molecule has 4 aromatic carbocycles. The van der Waals surface area contributed by atoms with Gasteiger partial charge in [0.15, 0.2) is 0 Å². The van der Waals surface area contributed by atoms with Crippen molar-refractivity contribution in [1.29, 1.82) is 0 Å². The first-order valence-electron chi connectivity index (χ1n) is 17.2. The number of benzene rings is 4. The third-order valence-electron chi connectivity index (χ3n) is 8.15. The van der Waals surface area contributed by atoms with Crippen LogP contribution in [-0.2, 0) is 12.8 Å². The van der Waals surface area contributed by atoms with E-state index in [1.54, 1.807) is 36.4 Å². The number of aryl methyl sites for hydroxylation is 2. The molecule has 0 amide bonds. The molecular formula is C42H44Br4F4. The Morgan fingerprint density at radius 1 is 0.380 bits per heavy atom. The number of hydrogen-bond donors (Lipinski definition) is 0. The minimum absolute atomic E-state index is 0.178. The lowest BCUT2D eigenvalue weighted by Crippen LogP contribution is -1.90. The van der Waals surface area contributed by atoms with Gasteiger partial charge in [-0.2, -0.15) is 0 Å². The number of halogens is 8. The lowest BCUT2D eigenvalue weighted by molar-refractivity contribution is 0.575. The van der Waals surface area contributed by atoms with E-state index in [-0.39, 0.29) is 23.3 Å². The molecule has 4 rings (SSSR count). The first-order valence-corrected chi connectivity index (χ1v) is 20.4. The van der Waals surface area contributed by atoms with Crippen molar-refractivity contribution >= 4 is 75.9 Å². The van der Waals surface area contributed by atoms with Gasteiger partial charge in [-0.1, -0.05) is 87.1 Å². The molecule has 0 saturated heterocycles. The molecule has 268 valence electrons. The quantitative estimate of drug-likeness (QED) is 0.0689. The molecule has 0 aromatic heterocycles. The third kappa shape index (κ3) is 17.0. The van der Waals surface area contributed by atoms with Crippen molar-refractivity contribution in [2.45, 2.75) is 89.9 Å². The molecule has 8 heteroatoms. The van der Waals surface area contributed by atoms with Gasteiger partial charge in [-0.05, 0) is 186 Å². The molecule has 0 atom stereocenters. The summed E-state index contributed by atoms with van der Waals surface area (Å²) in [5, 5.41) is 0. The average molecular weight is 944 g/mol. The molecule has 0 heterocycles. The maximum absolute atomic E-state index is 13.4. The largest absolute Gasteiger partial charge is 0.206 e. The summed E-state index contributed by atoms with van der Waals surface area (Å²) in [5.74, 6) is -0.828. The lowest BCUT2D eigenvalue weighted by atomic mass is 10.0. The third-order valence-corrected chi connectivity index (χ3v) is 10.7. The summed E-state index contributed by atoms with van der Waals surface area (Å²) in [7, 11) is 0. The van der Waals surface area contributed by atoms with Crippen molar-refractivity contribution in [2.24, 2.45) is 0 Å². The molecule has 0 spiro atoms. The van der Waals surface area contributed by atoms with Gasteiger partial charge in [0, 0.05) is 0 Å². The van der Waals surface area contributed by atoms with Crippen LogP contribution in [0.1, 0.15) is 99.3 Å². The van der Waals surface area contributed by atoms with E-state index in [2.05, 4.69) is 75.9 Å². The van der Waals surface area contributed by atoms with Crippen LogP contribution >= 0.6 is 63.7 Å². The Morgan fingerprint density at radius 3 is 1.06 bits per heavy atom. The summed E-state index contributed by atoms with van der Waals surface area (Å²) in [6, 6.07) is 21.0. The van der Waals surface area contributed by atoms with Crippen molar-refractivity contribution in [3.05, 3.63) is 148 Å². The van der Waals surface area contributed by atoms with Gasteiger partial charge in [0.25, 0.3) is 0 Å². The van der Waals surface area contributed by atoms with Crippen molar-refractivity contribution in [3.63, 3.8) is 0 Å². The van der Waals surface area contributed by atoms with Crippen LogP contribution in [0.15, 0.2) is 103 Å². The van der Waals surface area contributed by atoms with E-state index in [0.717, 1.165) is 80.0 Å². The molecule has 0 aliphatic carbocycles. The topological polar surface area (TPSA) is 0 Å². The molecule has 0 aliphatic rings. The minimum atomic E-state index is -0.236. The predicted octanol–water partition coefficient (Wildman–Crippen LogP) is 16.2. The van der Waals surface area contributed by atoms with Crippen molar-refractivity contribution < 1.29 is 17.6 Å². The van der Waals surface area contributed by atoms with E-state index >= 15 is 0 Å². The van der Waals surface area contributed by atoms with Crippen molar-refractivity contribution in [2.75, 3.05) is 0 Å². The van der Waals surface area contributed by atoms with Crippen LogP contribution in [-0.4, -0.2) is 0 Å². The first kappa shape index (κ1) is 42.4. The summed E-state index contributed by atoms with van der Waals surface area (Å²) in [4.78, 5) is 0. The average Bonchev–Trinajstić information content (AvgIpc) is 3.09. The van der Waals surface area contributed by atoms with Crippen LogP contribution in [0.4, 0.5) is 17.6 Å². The van der Waals surface area contributed by atoms with Gasteiger partial charge in [-0.25, -0.2) is 17.6 Å². The molecular weight excluding hydrogens is 900 g/mol. The van der Waals surface area contributed by atoms with Gasteiger partial charge in [0.05, 0.1) is 17.9 Å². The molecule has 0 fully saturated rings. The minimum Gasteiger partial charge on any atom is -0.206 e. The molecule has 0 radical (unpaired) electrons. The number of unbranched alkanes of at least 4 members (excludes halogenated alkanes) is 10. The highest BCUT2D eigenvalue weighted by atomic mass is 79.9. The van der Waals surface area contributed by atoms with E-state index in [1.165, 1.54) is 44.2 Å². The van der Waals surface area contributed by atoms with Gasteiger partial charge in [0.1, 0.15) is 23.3 Å². The monoisotopic (exact) mass is 940 g/mol. The van der Waals surface area contributed by atoms with Crippen LogP contribution < -0.4 is 0 Å². The predicted molar refractivity (Wildman–Crippen MR) is 217 cm³/mol. The number of rotatable bonds is 18. The molecule has 4 aromatic rings. The standard InChI is InChI=1S/C21H24Br2F2.C21H20Br2F2/c2*22-18-12-10-16(14-20(18)24)8-6-4-2-1-3-5-7-9-17-11-13-19(23)21(25)15-17/h10-15H,1-9H2;6-15H,1-5H2/b;8-6+,9-7+. The SMILES string of the molecule is Fc1cc(/C=C/CCCCC/C=C/c2ccc(Br)c(F)c2)ccc1Br.Fc1cc(CCCCCCCCCc2ccc(Br)c(F)c2)ccc1Br. The highest BCUT2D eigenvalue weighted by Crippen LogP contribution is 2.21. The number of hydrogen-bond acceptors (Lipinski definition) is 0. The Morgan fingerprint density at radius 2 is 0.700 bits per heavy atom. The van der Waals surface area contributed by atoms with E-state index < -0.39 is 0 Å². The Kier molecular flexibility index (Phi) is 20.6. The summed E-state index contributed by atoms with van der Waals surface area (Å²) >= 11 is 12.7. The van der Waals surface area contributed by atoms with Gasteiger partial charge in [0.2, 0.25) is 0 Å². The van der Waals surface area contributed by atoms with E-state index in [9.17, 15) is 17.6 Å². The highest BCUT2D eigenvalue weighted by molar-refractivity contribution is 9.11. The summed E-state index contributed by atoms with van der Waals surface area (Å²) in [6.07, 6.45) is 23.6. The fraction of sp³-hybridized carbons (Fsp3) is 0.333. The van der Waals surface area contributed by atoms with Gasteiger partial charge >= 0.3 is 0 Å². The maximum atomic E-state index is 13.4. The van der Waals surface area contributed by atoms with Crippen LogP contribution in [0.3, 0.4) is 0 Å². The zero-order valence-corrected chi connectivity index (χ0v) is 34.5. The fourth-order valence-corrected chi connectivity index (χ4v) is 6.29. The Bertz CT molecular complexity index is 1550. The van der Waals surface area contributed by atoms with Crippen LogP contribution in [0.25, 0.3) is 12.2 Å². The lowest BCUT2D eigenvalue weighted by Gasteiger charge is -2.05. The first-order chi connectivity index (χ1) is 24.1. The fourth-order valence-electron chi connectivity index (χ4n) is 5.30. The second-order valence-corrected chi connectivity index (χ2v) is 15.7. The molecule has 0 aliphatic heterocycles. The van der Waals surface area contributed by atoms with E-state index in [1.807, 2.05) is 36.4 Å². The second-order valence-electron chi connectivity index (χ2n) is 12.3. The van der Waals surface area contributed by atoms with E-state index in [0.29, 0.717) is 17.9 Å². The Labute approximate surface area is 329 Å². The van der Waals surface area contributed by atoms with E-state index in [4.69, 9.17) is 0 Å². The summed E-state index contributed by atoms with van der Waals surface area (Å²) < 4.78 is 55.6. The normalized spacial score (nSPS) is 11.4. The van der Waals surface area contributed by atoms with Crippen molar-refractivity contribution in [3.8, 4) is 0 Å². The summed E-state index contributed by atoms with van der Waals surface area (Å²) in [5.41, 5.74) is 3.90. The molecule has 0 N–H and O–H groups in total.